The number of hydrogen-bond acceptors (Lipinski definition) is 3. The molecular formula is C13H19ClN4. The SMILES string of the molecule is CN(C)CCCN=C1NC=N[C@@H]2C=C(Cl)C=C[C@@H]12. The fraction of sp³-hybridized carbons (Fsp3) is 0.538. The fourth-order valence-corrected chi connectivity index (χ4v) is 2.25. The molecule has 0 unspecified atom stereocenters. The Morgan fingerprint density at radius 2 is 2.33 bits per heavy atom. The number of nitrogens with one attached hydrogen (secondary N) is 1. The maximum Gasteiger partial charge on any atom is 0.111 e. The van der Waals surface area contributed by atoms with E-state index in [9.17, 15) is 0 Å². The predicted octanol–water partition coefficient (Wildman–Crippen LogP) is 1.65. The molecule has 0 saturated heterocycles. The lowest BCUT2D eigenvalue weighted by atomic mass is 9.93. The van der Waals surface area contributed by atoms with Gasteiger partial charge in [-0.15, -0.1) is 0 Å². The van der Waals surface area contributed by atoms with Gasteiger partial charge in [0.15, 0.2) is 0 Å². The van der Waals surface area contributed by atoms with E-state index in [-0.39, 0.29) is 12.0 Å². The van der Waals surface area contributed by atoms with Gasteiger partial charge in [-0.25, -0.2) is 0 Å². The number of rotatable bonds is 4. The Morgan fingerprint density at radius 3 is 3.11 bits per heavy atom. The summed E-state index contributed by atoms with van der Waals surface area (Å²) in [5.74, 6) is 1.20. The quantitative estimate of drug-likeness (QED) is 0.786. The molecule has 2 aliphatic rings. The topological polar surface area (TPSA) is 40.0 Å². The Balaban J connectivity index is 1.96. The molecule has 0 radical (unpaired) electrons. The molecule has 0 bridgehead atoms. The highest BCUT2D eigenvalue weighted by Gasteiger charge is 2.26. The van der Waals surface area contributed by atoms with Crippen LogP contribution in [0.25, 0.3) is 0 Å². The smallest absolute Gasteiger partial charge is 0.111 e. The van der Waals surface area contributed by atoms with E-state index in [0.717, 1.165) is 30.4 Å². The van der Waals surface area contributed by atoms with Gasteiger partial charge in [0, 0.05) is 11.6 Å². The molecule has 0 aromatic heterocycles. The van der Waals surface area contributed by atoms with Crippen LogP contribution >= 0.6 is 11.6 Å². The van der Waals surface area contributed by atoms with Crippen molar-refractivity contribution in [2.75, 3.05) is 27.2 Å². The lowest BCUT2D eigenvalue weighted by molar-refractivity contribution is 0.403. The number of fused-ring (bicyclic) bond motifs is 1. The molecule has 0 amide bonds. The van der Waals surface area contributed by atoms with Crippen molar-refractivity contribution in [3.63, 3.8) is 0 Å². The fourth-order valence-electron chi connectivity index (χ4n) is 2.04. The molecule has 98 valence electrons. The second kappa shape index (κ2) is 6.16. The molecule has 0 aromatic carbocycles. The summed E-state index contributed by atoms with van der Waals surface area (Å²) in [5, 5.41) is 3.89. The molecule has 1 N–H and O–H groups in total. The zero-order valence-corrected chi connectivity index (χ0v) is 11.6. The van der Waals surface area contributed by atoms with Crippen molar-refractivity contribution < 1.29 is 0 Å². The van der Waals surface area contributed by atoms with Crippen LogP contribution in [0.3, 0.4) is 0 Å². The number of aliphatic imine (C=N–C) groups is 2. The molecule has 2 atom stereocenters. The van der Waals surface area contributed by atoms with Gasteiger partial charge in [0.05, 0.1) is 18.3 Å². The number of hydrogen-bond donors (Lipinski definition) is 1. The molecule has 18 heavy (non-hydrogen) atoms. The minimum atomic E-state index is 0.0938. The second-order valence-electron chi connectivity index (χ2n) is 4.77. The first-order valence-corrected chi connectivity index (χ1v) is 6.57. The molecule has 1 heterocycles. The van der Waals surface area contributed by atoms with Crippen LogP contribution in [0.15, 0.2) is 33.2 Å². The molecule has 0 fully saturated rings. The number of nitrogens with zero attached hydrogens (tertiary/aromatic N) is 3. The average Bonchev–Trinajstić information content (AvgIpc) is 2.34. The maximum absolute atomic E-state index is 5.98. The molecule has 2 rings (SSSR count). The van der Waals surface area contributed by atoms with E-state index in [0.29, 0.717) is 0 Å². The zero-order chi connectivity index (χ0) is 13.0. The van der Waals surface area contributed by atoms with Crippen LogP contribution < -0.4 is 5.32 Å². The standard InChI is InChI=1S/C13H19ClN4/c1-18(2)7-3-6-15-13-11-5-4-10(14)8-12(11)16-9-17-13/h4-5,8-9,11-12H,3,6-7H2,1-2H3,(H,15,16,17)/t11-,12-/m1/s1. The predicted molar refractivity (Wildman–Crippen MR) is 77.5 cm³/mol. The summed E-state index contributed by atoms with van der Waals surface area (Å²) in [6, 6.07) is 0.0938. The van der Waals surface area contributed by atoms with Crippen LogP contribution in [0.2, 0.25) is 0 Å². The summed E-state index contributed by atoms with van der Waals surface area (Å²) in [6.07, 6.45) is 8.74. The summed E-state index contributed by atoms with van der Waals surface area (Å²) in [6.45, 7) is 1.89. The van der Waals surface area contributed by atoms with Crippen molar-refractivity contribution in [2.24, 2.45) is 15.9 Å². The zero-order valence-electron chi connectivity index (χ0n) is 10.8. The molecule has 4 nitrogen and oxygen atoms in total. The van der Waals surface area contributed by atoms with E-state index in [1.807, 2.05) is 12.2 Å². The van der Waals surface area contributed by atoms with E-state index >= 15 is 0 Å². The van der Waals surface area contributed by atoms with E-state index in [2.05, 4.69) is 40.4 Å². The van der Waals surface area contributed by atoms with Gasteiger partial charge in [0.25, 0.3) is 0 Å². The molecule has 0 saturated carbocycles. The first-order chi connectivity index (χ1) is 8.66. The van der Waals surface area contributed by atoms with Crippen molar-refractivity contribution in [3.8, 4) is 0 Å². The van der Waals surface area contributed by atoms with Crippen molar-refractivity contribution in [1.82, 2.24) is 10.2 Å². The summed E-state index contributed by atoms with van der Waals surface area (Å²) in [5.41, 5.74) is 0. The highest BCUT2D eigenvalue weighted by atomic mass is 35.5. The Hall–Kier alpha value is -1.13. The van der Waals surface area contributed by atoms with Crippen molar-refractivity contribution in [2.45, 2.75) is 12.5 Å². The van der Waals surface area contributed by atoms with Gasteiger partial charge < -0.3 is 10.2 Å². The lowest BCUT2D eigenvalue weighted by Crippen LogP contribution is -2.40. The third-order valence-corrected chi connectivity index (χ3v) is 3.23. The number of amidine groups is 1. The van der Waals surface area contributed by atoms with Crippen molar-refractivity contribution in [3.05, 3.63) is 23.3 Å². The minimum Gasteiger partial charge on any atom is -0.335 e. The van der Waals surface area contributed by atoms with Crippen molar-refractivity contribution >= 4 is 23.8 Å². The normalized spacial score (nSPS) is 28.2. The Bertz CT molecular complexity index is 409. The summed E-state index contributed by atoms with van der Waals surface area (Å²) in [4.78, 5) is 11.2. The second-order valence-corrected chi connectivity index (χ2v) is 5.21. The lowest BCUT2D eigenvalue weighted by Gasteiger charge is -2.27. The van der Waals surface area contributed by atoms with Gasteiger partial charge in [0.1, 0.15) is 5.84 Å². The molecular weight excluding hydrogens is 248 g/mol. The van der Waals surface area contributed by atoms with Crippen molar-refractivity contribution in [1.29, 1.82) is 0 Å². The highest BCUT2D eigenvalue weighted by Crippen LogP contribution is 2.24. The Kier molecular flexibility index (Phi) is 4.55. The van der Waals surface area contributed by atoms with Crippen LogP contribution in [0.4, 0.5) is 0 Å². The van der Waals surface area contributed by atoms with Gasteiger partial charge in [-0.1, -0.05) is 17.7 Å². The van der Waals surface area contributed by atoms with Gasteiger partial charge in [-0.3, -0.25) is 9.98 Å². The first-order valence-electron chi connectivity index (χ1n) is 6.19. The molecule has 0 spiro atoms. The monoisotopic (exact) mass is 266 g/mol. The average molecular weight is 267 g/mol. The summed E-state index contributed by atoms with van der Waals surface area (Å²) >= 11 is 5.98. The van der Waals surface area contributed by atoms with Crippen LogP contribution in [0.5, 0.6) is 0 Å². The highest BCUT2D eigenvalue weighted by molar-refractivity contribution is 6.31. The van der Waals surface area contributed by atoms with Gasteiger partial charge >= 0.3 is 0 Å². The maximum atomic E-state index is 5.98. The Labute approximate surface area is 113 Å². The van der Waals surface area contributed by atoms with E-state index in [1.54, 1.807) is 6.34 Å². The van der Waals surface area contributed by atoms with Gasteiger partial charge in [-0.05, 0) is 39.2 Å². The molecule has 1 aliphatic heterocycles. The largest absolute Gasteiger partial charge is 0.335 e. The van der Waals surface area contributed by atoms with Crippen LogP contribution in [0, 0.1) is 5.92 Å². The van der Waals surface area contributed by atoms with Gasteiger partial charge in [-0.2, -0.15) is 0 Å². The van der Waals surface area contributed by atoms with E-state index < -0.39 is 0 Å². The van der Waals surface area contributed by atoms with Gasteiger partial charge in [0.2, 0.25) is 0 Å². The molecule has 5 heteroatoms. The minimum absolute atomic E-state index is 0.0938. The summed E-state index contributed by atoms with van der Waals surface area (Å²) in [7, 11) is 4.15. The first kappa shape index (κ1) is 13.3. The number of allylic oxidation sites excluding steroid dienone is 2. The number of halogens is 1. The van der Waals surface area contributed by atoms with E-state index in [4.69, 9.17) is 11.6 Å². The third kappa shape index (κ3) is 3.43. The van der Waals surface area contributed by atoms with Crippen LogP contribution in [-0.4, -0.2) is 50.3 Å². The molecule has 0 aromatic rings. The molecule has 1 aliphatic carbocycles. The third-order valence-electron chi connectivity index (χ3n) is 2.98. The van der Waals surface area contributed by atoms with Crippen LogP contribution in [-0.2, 0) is 0 Å². The Morgan fingerprint density at radius 1 is 1.50 bits per heavy atom. The van der Waals surface area contributed by atoms with E-state index in [1.165, 1.54) is 0 Å². The summed E-state index contributed by atoms with van der Waals surface area (Å²) < 4.78 is 0. The van der Waals surface area contributed by atoms with Crippen LogP contribution in [0.1, 0.15) is 6.42 Å².